The molecule has 0 aliphatic heterocycles. The Labute approximate surface area is 116 Å². The standard InChI is InChI=1S/C13H19NO6/c1-2-3-6-9-17-12(15)18-10-7-4-5-8-11-14-20-13(16)19-11/h6,9H,2-5,7-8,10H2,1H3. The normalized spacial score (nSPS) is 10.8. The van der Waals surface area contributed by atoms with E-state index in [-0.39, 0.29) is 5.89 Å². The average Bonchev–Trinajstić information content (AvgIpc) is 2.84. The number of allylic oxidation sites excluding steroid dienone is 1. The molecule has 0 amide bonds. The second-order valence-electron chi connectivity index (χ2n) is 4.12. The van der Waals surface area contributed by atoms with Gasteiger partial charge in [-0.2, -0.15) is 0 Å². The van der Waals surface area contributed by atoms with E-state index in [0.717, 1.165) is 25.7 Å². The number of aryl methyl sites for hydroxylation is 1. The van der Waals surface area contributed by atoms with Crippen molar-refractivity contribution in [1.82, 2.24) is 5.16 Å². The van der Waals surface area contributed by atoms with Crippen LogP contribution in [0.3, 0.4) is 0 Å². The fraction of sp³-hybridized carbons (Fsp3) is 0.615. The molecule has 1 aromatic rings. The van der Waals surface area contributed by atoms with Crippen LogP contribution in [-0.4, -0.2) is 17.9 Å². The van der Waals surface area contributed by atoms with Gasteiger partial charge in [-0.05, 0) is 36.9 Å². The molecule has 0 unspecified atom stereocenters. The summed E-state index contributed by atoms with van der Waals surface area (Å²) in [7, 11) is 0. The molecule has 0 aliphatic rings. The Hall–Kier alpha value is -2.05. The van der Waals surface area contributed by atoms with E-state index < -0.39 is 12.0 Å². The molecule has 0 atom stereocenters. The Balaban J connectivity index is 1.96. The second-order valence-corrected chi connectivity index (χ2v) is 4.12. The van der Waals surface area contributed by atoms with Gasteiger partial charge in [0.15, 0.2) is 0 Å². The van der Waals surface area contributed by atoms with Crippen molar-refractivity contribution < 1.29 is 23.2 Å². The molecule has 1 rings (SSSR count). The smallest absolute Gasteiger partial charge is 0.434 e. The molecular weight excluding hydrogens is 266 g/mol. The van der Waals surface area contributed by atoms with Gasteiger partial charge in [-0.25, -0.2) is 9.59 Å². The molecule has 0 aliphatic carbocycles. The van der Waals surface area contributed by atoms with E-state index in [1.807, 2.05) is 6.92 Å². The topological polar surface area (TPSA) is 91.8 Å². The van der Waals surface area contributed by atoms with Gasteiger partial charge in [0.05, 0.1) is 12.9 Å². The first-order valence-corrected chi connectivity index (χ1v) is 6.66. The van der Waals surface area contributed by atoms with Crippen molar-refractivity contribution in [3.05, 3.63) is 28.8 Å². The lowest BCUT2D eigenvalue weighted by Crippen LogP contribution is -2.05. The molecule has 20 heavy (non-hydrogen) atoms. The van der Waals surface area contributed by atoms with Crippen LogP contribution in [0.25, 0.3) is 0 Å². The third kappa shape index (κ3) is 7.40. The molecule has 0 bridgehead atoms. The summed E-state index contributed by atoms with van der Waals surface area (Å²) in [5.74, 6) is -0.501. The van der Waals surface area contributed by atoms with Gasteiger partial charge in [0.2, 0.25) is 5.89 Å². The maximum atomic E-state index is 11.1. The fourth-order valence-electron chi connectivity index (χ4n) is 1.40. The Morgan fingerprint density at radius 2 is 2.20 bits per heavy atom. The molecule has 7 nitrogen and oxygen atoms in total. The van der Waals surface area contributed by atoms with Crippen molar-refractivity contribution in [3.8, 4) is 0 Å². The number of ether oxygens (including phenoxy) is 2. The number of carbonyl (C=O) groups excluding carboxylic acids is 1. The zero-order chi connectivity index (χ0) is 14.6. The molecule has 7 heteroatoms. The highest BCUT2D eigenvalue weighted by atomic mass is 16.7. The molecule has 0 aromatic carbocycles. The quantitative estimate of drug-likeness (QED) is 0.391. The number of aromatic nitrogens is 1. The molecule has 0 saturated heterocycles. The number of nitrogens with zero attached hydrogens (tertiary/aromatic N) is 1. The van der Waals surface area contributed by atoms with Gasteiger partial charge in [0, 0.05) is 6.42 Å². The Bertz CT molecular complexity index is 461. The maximum Gasteiger partial charge on any atom is 0.542 e. The number of unbranched alkanes of at least 4 members (excludes halogenated alkanes) is 3. The summed E-state index contributed by atoms with van der Waals surface area (Å²) >= 11 is 0. The van der Waals surface area contributed by atoms with Gasteiger partial charge in [-0.1, -0.05) is 13.3 Å². The zero-order valence-electron chi connectivity index (χ0n) is 11.5. The van der Waals surface area contributed by atoms with Crippen molar-refractivity contribution >= 4 is 6.16 Å². The summed E-state index contributed by atoms with van der Waals surface area (Å²) in [6.07, 6.45) is 7.10. The third-order valence-corrected chi connectivity index (χ3v) is 2.39. The van der Waals surface area contributed by atoms with Crippen LogP contribution in [0.1, 0.15) is 44.9 Å². The predicted octanol–water partition coefficient (Wildman–Crippen LogP) is 2.81. The summed E-state index contributed by atoms with van der Waals surface area (Å²) in [5.41, 5.74) is 0. The van der Waals surface area contributed by atoms with Crippen LogP contribution in [0, 0.1) is 0 Å². The number of rotatable bonds is 9. The van der Waals surface area contributed by atoms with Gasteiger partial charge in [-0.15, -0.1) is 0 Å². The molecule has 0 fully saturated rings. The van der Waals surface area contributed by atoms with E-state index in [1.54, 1.807) is 6.08 Å². The Kier molecular flexibility index (Phi) is 7.86. The minimum atomic E-state index is -0.790. The minimum absolute atomic E-state index is 0.288. The monoisotopic (exact) mass is 285 g/mol. The fourth-order valence-corrected chi connectivity index (χ4v) is 1.40. The van der Waals surface area contributed by atoms with Gasteiger partial charge < -0.3 is 13.9 Å². The minimum Gasteiger partial charge on any atom is -0.434 e. The zero-order valence-corrected chi connectivity index (χ0v) is 11.5. The highest BCUT2D eigenvalue weighted by molar-refractivity contribution is 5.60. The highest BCUT2D eigenvalue weighted by Crippen LogP contribution is 2.03. The van der Waals surface area contributed by atoms with Crippen LogP contribution in [0.5, 0.6) is 0 Å². The molecular formula is C13H19NO6. The first-order chi connectivity index (χ1) is 9.72. The van der Waals surface area contributed by atoms with E-state index in [0.29, 0.717) is 19.4 Å². The van der Waals surface area contributed by atoms with Crippen molar-refractivity contribution in [2.75, 3.05) is 6.61 Å². The van der Waals surface area contributed by atoms with E-state index in [4.69, 9.17) is 9.47 Å². The molecule has 0 N–H and O–H groups in total. The average molecular weight is 285 g/mol. The van der Waals surface area contributed by atoms with E-state index >= 15 is 0 Å². The first-order valence-electron chi connectivity index (χ1n) is 6.66. The SMILES string of the molecule is CCCC=COC(=O)OCCCCCc1noc(=O)o1. The predicted molar refractivity (Wildman–Crippen MR) is 69.1 cm³/mol. The van der Waals surface area contributed by atoms with Gasteiger partial charge in [-0.3, -0.25) is 4.52 Å². The molecule has 1 aromatic heterocycles. The lowest BCUT2D eigenvalue weighted by molar-refractivity contribution is 0.0830. The third-order valence-electron chi connectivity index (χ3n) is 2.39. The molecule has 112 valence electrons. The number of carbonyl (C=O) groups is 1. The summed E-state index contributed by atoms with van der Waals surface area (Å²) in [5, 5.41) is 3.44. The van der Waals surface area contributed by atoms with Crippen molar-refractivity contribution in [3.63, 3.8) is 0 Å². The van der Waals surface area contributed by atoms with Crippen LogP contribution in [0.2, 0.25) is 0 Å². The summed E-state index contributed by atoms with van der Waals surface area (Å²) < 4.78 is 18.5. The molecule has 0 spiro atoms. The van der Waals surface area contributed by atoms with Crippen molar-refractivity contribution in [2.45, 2.75) is 45.4 Å². The number of hydrogen-bond donors (Lipinski definition) is 0. The van der Waals surface area contributed by atoms with Crippen LogP contribution in [0.4, 0.5) is 4.79 Å². The lowest BCUT2D eigenvalue weighted by atomic mass is 10.2. The van der Waals surface area contributed by atoms with Gasteiger partial charge in [0.25, 0.3) is 0 Å². The van der Waals surface area contributed by atoms with Gasteiger partial charge in [0.1, 0.15) is 0 Å². The van der Waals surface area contributed by atoms with E-state index in [9.17, 15) is 9.59 Å². The molecule has 0 saturated carbocycles. The van der Waals surface area contributed by atoms with E-state index in [1.165, 1.54) is 6.26 Å². The highest BCUT2D eigenvalue weighted by Gasteiger charge is 2.04. The van der Waals surface area contributed by atoms with Crippen LogP contribution >= 0.6 is 0 Å². The van der Waals surface area contributed by atoms with Crippen LogP contribution in [-0.2, 0) is 15.9 Å². The van der Waals surface area contributed by atoms with Gasteiger partial charge >= 0.3 is 12.0 Å². The first kappa shape index (κ1) is 16.0. The summed E-state index contributed by atoms with van der Waals surface area (Å²) in [6.45, 7) is 2.33. The maximum absolute atomic E-state index is 11.1. The van der Waals surface area contributed by atoms with Crippen molar-refractivity contribution in [2.24, 2.45) is 0 Å². The molecule has 0 radical (unpaired) electrons. The van der Waals surface area contributed by atoms with Crippen LogP contribution < -0.4 is 5.82 Å². The van der Waals surface area contributed by atoms with Crippen molar-refractivity contribution in [1.29, 1.82) is 0 Å². The summed E-state index contributed by atoms with van der Waals surface area (Å²) in [6, 6.07) is 0. The second kappa shape index (κ2) is 9.82. The molecule has 1 heterocycles. The number of hydrogen-bond acceptors (Lipinski definition) is 7. The largest absolute Gasteiger partial charge is 0.542 e. The van der Waals surface area contributed by atoms with E-state index in [2.05, 4.69) is 14.1 Å². The Morgan fingerprint density at radius 3 is 2.90 bits per heavy atom. The van der Waals surface area contributed by atoms with Crippen LogP contribution in [0.15, 0.2) is 26.1 Å². The summed E-state index contributed by atoms with van der Waals surface area (Å²) in [4.78, 5) is 21.7. The Morgan fingerprint density at radius 1 is 1.35 bits per heavy atom. The lowest BCUT2D eigenvalue weighted by Gasteiger charge is -2.02.